The molecule has 8 heteroatoms. The number of halogens is 1. The van der Waals surface area contributed by atoms with Gasteiger partial charge in [-0.25, -0.2) is 17.6 Å². The lowest BCUT2D eigenvalue weighted by molar-refractivity contribution is 0.0697. The summed E-state index contributed by atoms with van der Waals surface area (Å²) in [6, 6.07) is 5.76. The number of carboxylic acids is 1. The van der Waals surface area contributed by atoms with Crippen molar-refractivity contribution in [3.63, 3.8) is 0 Å². The van der Waals surface area contributed by atoms with Crippen molar-refractivity contribution in [2.75, 3.05) is 4.72 Å². The fourth-order valence-electron chi connectivity index (χ4n) is 1.39. The van der Waals surface area contributed by atoms with Crippen LogP contribution < -0.4 is 4.72 Å². The summed E-state index contributed by atoms with van der Waals surface area (Å²) in [6.45, 7) is 0. The smallest absolute Gasteiger partial charge is 0.337 e. The van der Waals surface area contributed by atoms with Crippen molar-refractivity contribution in [1.82, 2.24) is 0 Å². The van der Waals surface area contributed by atoms with E-state index in [1.54, 1.807) is 11.4 Å². The Hall–Kier alpha value is -1.93. The zero-order chi connectivity index (χ0) is 14.0. The van der Waals surface area contributed by atoms with Crippen LogP contribution in [0.3, 0.4) is 0 Å². The first-order chi connectivity index (χ1) is 8.90. The van der Waals surface area contributed by atoms with Gasteiger partial charge in [0.1, 0.15) is 10.0 Å². The third-order valence-corrected chi connectivity index (χ3v) is 4.98. The third-order valence-electron chi connectivity index (χ3n) is 2.22. The Balaban J connectivity index is 2.42. The molecule has 2 aromatic rings. The molecule has 19 heavy (non-hydrogen) atoms. The molecular formula is C11H8FNO4S2. The Morgan fingerprint density at radius 1 is 1.32 bits per heavy atom. The number of carboxylic acid groups (broad SMARTS) is 1. The van der Waals surface area contributed by atoms with Gasteiger partial charge in [0.05, 0.1) is 11.3 Å². The van der Waals surface area contributed by atoms with Crippen molar-refractivity contribution in [2.45, 2.75) is 4.21 Å². The molecule has 100 valence electrons. The van der Waals surface area contributed by atoms with Crippen LogP contribution >= 0.6 is 11.3 Å². The molecule has 0 fully saturated rings. The highest BCUT2D eigenvalue weighted by Crippen LogP contribution is 2.23. The molecular weight excluding hydrogens is 293 g/mol. The maximum atomic E-state index is 13.0. The van der Waals surface area contributed by atoms with Crippen molar-refractivity contribution in [1.29, 1.82) is 0 Å². The summed E-state index contributed by atoms with van der Waals surface area (Å²) < 4.78 is 39.0. The SMILES string of the molecule is O=C(O)c1cc(F)ccc1NS(=O)(=O)c1cccs1. The minimum atomic E-state index is -3.86. The Morgan fingerprint density at radius 3 is 2.63 bits per heavy atom. The predicted octanol–water partition coefficient (Wildman–Crippen LogP) is 2.39. The Kier molecular flexibility index (Phi) is 3.54. The number of benzene rings is 1. The molecule has 0 aliphatic carbocycles. The van der Waals surface area contributed by atoms with Crippen molar-refractivity contribution >= 4 is 33.0 Å². The lowest BCUT2D eigenvalue weighted by Gasteiger charge is -2.09. The van der Waals surface area contributed by atoms with Crippen molar-refractivity contribution in [3.05, 3.63) is 47.1 Å². The lowest BCUT2D eigenvalue weighted by atomic mass is 10.2. The topological polar surface area (TPSA) is 83.5 Å². The normalized spacial score (nSPS) is 11.2. The molecule has 1 heterocycles. The van der Waals surface area contributed by atoms with E-state index in [0.717, 1.165) is 29.5 Å². The Bertz CT molecular complexity index is 710. The summed E-state index contributed by atoms with van der Waals surface area (Å²) in [5.41, 5.74) is -0.623. The van der Waals surface area contributed by atoms with Crippen LogP contribution in [0, 0.1) is 5.82 Å². The number of nitrogens with one attached hydrogen (secondary N) is 1. The van der Waals surface area contributed by atoms with E-state index in [0.29, 0.717) is 0 Å². The maximum absolute atomic E-state index is 13.0. The monoisotopic (exact) mass is 301 g/mol. The second-order valence-corrected chi connectivity index (χ2v) is 6.39. The molecule has 0 radical (unpaired) electrons. The minimum Gasteiger partial charge on any atom is -0.478 e. The van der Waals surface area contributed by atoms with Gasteiger partial charge in [0.25, 0.3) is 10.0 Å². The average Bonchev–Trinajstić information content (AvgIpc) is 2.85. The van der Waals surface area contributed by atoms with Gasteiger partial charge in [0.2, 0.25) is 0 Å². The van der Waals surface area contributed by atoms with E-state index < -0.39 is 27.4 Å². The first-order valence-corrected chi connectivity index (χ1v) is 7.35. The van der Waals surface area contributed by atoms with Gasteiger partial charge in [-0.15, -0.1) is 11.3 Å². The summed E-state index contributed by atoms with van der Waals surface area (Å²) in [4.78, 5) is 10.9. The van der Waals surface area contributed by atoms with Crippen LogP contribution in [0.1, 0.15) is 10.4 Å². The number of aromatic carboxylic acids is 1. The van der Waals surface area contributed by atoms with E-state index >= 15 is 0 Å². The van der Waals surface area contributed by atoms with Crippen molar-refractivity contribution in [2.24, 2.45) is 0 Å². The zero-order valence-electron chi connectivity index (χ0n) is 9.33. The highest BCUT2D eigenvalue weighted by molar-refractivity contribution is 7.94. The van der Waals surface area contributed by atoms with Crippen LogP contribution in [-0.2, 0) is 10.0 Å². The van der Waals surface area contributed by atoms with E-state index in [9.17, 15) is 17.6 Å². The molecule has 0 spiro atoms. The van der Waals surface area contributed by atoms with Crippen LogP contribution in [0.5, 0.6) is 0 Å². The van der Waals surface area contributed by atoms with Gasteiger partial charge in [-0.05, 0) is 29.6 Å². The van der Waals surface area contributed by atoms with Crippen molar-refractivity contribution in [3.8, 4) is 0 Å². The number of hydrogen-bond acceptors (Lipinski definition) is 4. The molecule has 0 aliphatic heterocycles. The standard InChI is InChI=1S/C11H8FNO4S2/c12-7-3-4-9(8(6-7)11(14)15)13-19(16,17)10-2-1-5-18-10/h1-6,13H,(H,14,15). The fraction of sp³-hybridized carbons (Fsp3) is 0. The van der Waals surface area contributed by atoms with Crippen LogP contribution in [0.25, 0.3) is 0 Å². The minimum absolute atomic E-state index is 0.0492. The van der Waals surface area contributed by atoms with E-state index in [1.165, 1.54) is 6.07 Å². The molecule has 0 unspecified atom stereocenters. The molecule has 1 aromatic carbocycles. The molecule has 0 saturated carbocycles. The Labute approximate surface area is 112 Å². The van der Waals surface area contributed by atoms with Crippen LogP contribution in [-0.4, -0.2) is 19.5 Å². The van der Waals surface area contributed by atoms with Gasteiger partial charge >= 0.3 is 5.97 Å². The molecule has 5 nitrogen and oxygen atoms in total. The van der Waals surface area contributed by atoms with Crippen LogP contribution in [0.4, 0.5) is 10.1 Å². The summed E-state index contributed by atoms with van der Waals surface area (Å²) in [7, 11) is -3.86. The number of carbonyl (C=O) groups is 1. The molecule has 0 bridgehead atoms. The molecule has 2 N–H and O–H groups in total. The van der Waals surface area contributed by atoms with Gasteiger partial charge in [-0.3, -0.25) is 4.72 Å². The van der Waals surface area contributed by atoms with Gasteiger partial charge in [0.15, 0.2) is 0 Å². The quantitative estimate of drug-likeness (QED) is 0.908. The summed E-state index contributed by atoms with van der Waals surface area (Å²) >= 11 is 0.995. The van der Waals surface area contributed by atoms with Crippen molar-refractivity contribution < 1.29 is 22.7 Å². The first-order valence-electron chi connectivity index (χ1n) is 4.99. The number of rotatable bonds is 4. The lowest BCUT2D eigenvalue weighted by Crippen LogP contribution is -2.14. The molecule has 0 amide bonds. The second-order valence-electron chi connectivity index (χ2n) is 3.53. The number of anilines is 1. The Morgan fingerprint density at radius 2 is 2.05 bits per heavy atom. The number of hydrogen-bond donors (Lipinski definition) is 2. The number of sulfonamides is 1. The molecule has 1 aromatic heterocycles. The van der Waals surface area contributed by atoms with E-state index in [-0.39, 0.29) is 9.90 Å². The van der Waals surface area contributed by atoms with Crippen LogP contribution in [0.15, 0.2) is 39.9 Å². The molecule has 2 rings (SSSR count). The maximum Gasteiger partial charge on any atom is 0.337 e. The van der Waals surface area contributed by atoms with Gasteiger partial charge < -0.3 is 5.11 Å². The molecule has 0 atom stereocenters. The fourth-order valence-corrected chi connectivity index (χ4v) is 3.47. The van der Waals surface area contributed by atoms with E-state index in [4.69, 9.17) is 5.11 Å². The molecule has 0 aliphatic rings. The highest BCUT2D eigenvalue weighted by Gasteiger charge is 2.19. The summed E-state index contributed by atoms with van der Waals surface area (Å²) in [5, 5.41) is 10.5. The van der Waals surface area contributed by atoms with Gasteiger partial charge in [-0.2, -0.15) is 0 Å². The average molecular weight is 301 g/mol. The largest absolute Gasteiger partial charge is 0.478 e. The molecule has 0 saturated heterocycles. The van der Waals surface area contributed by atoms with Gasteiger partial charge in [0, 0.05) is 0 Å². The highest BCUT2D eigenvalue weighted by atomic mass is 32.2. The van der Waals surface area contributed by atoms with Crippen LogP contribution in [0.2, 0.25) is 0 Å². The predicted molar refractivity (Wildman–Crippen MR) is 68.5 cm³/mol. The first kappa shape index (κ1) is 13.5. The van der Waals surface area contributed by atoms with Gasteiger partial charge in [-0.1, -0.05) is 6.07 Å². The van der Waals surface area contributed by atoms with E-state index in [1.807, 2.05) is 0 Å². The zero-order valence-corrected chi connectivity index (χ0v) is 11.0. The summed E-state index contributed by atoms with van der Waals surface area (Å²) in [6.07, 6.45) is 0. The van der Waals surface area contributed by atoms with E-state index in [2.05, 4.69) is 4.72 Å². The number of thiophene rings is 1. The second kappa shape index (κ2) is 4.98. The summed E-state index contributed by atoms with van der Waals surface area (Å²) in [5.74, 6) is -2.17. The third kappa shape index (κ3) is 2.91.